The van der Waals surface area contributed by atoms with E-state index in [9.17, 15) is 13.2 Å². The molecule has 0 aliphatic carbocycles. The summed E-state index contributed by atoms with van der Waals surface area (Å²) in [5, 5.41) is 2.77. The molecule has 2 aromatic rings. The van der Waals surface area contributed by atoms with E-state index < -0.39 is 15.7 Å². The van der Waals surface area contributed by atoms with Crippen LogP contribution in [0.1, 0.15) is 6.42 Å². The number of hydrogen-bond acceptors (Lipinski definition) is 5. The van der Waals surface area contributed by atoms with Crippen molar-refractivity contribution in [1.82, 2.24) is 0 Å². The second-order valence-corrected chi connectivity index (χ2v) is 7.63. The van der Waals surface area contributed by atoms with Gasteiger partial charge in [-0.05, 0) is 12.1 Å². The van der Waals surface area contributed by atoms with Crippen molar-refractivity contribution in [2.75, 3.05) is 25.3 Å². The molecule has 134 valence electrons. The first-order valence-corrected chi connectivity index (χ1v) is 9.39. The molecule has 0 saturated heterocycles. The van der Waals surface area contributed by atoms with Crippen LogP contribution in [0.15, 0.2) is 47.4 Å². The molecule has 2 rings (SSSR count). The Kier molecular flexibility index (Phi) is 6.27. The highest BCUT2D eigenvalue weighted by Crippen LogP contribution is 2.26. The fourth-order valence-electron chi connectivity index (χ4n) is 2.14. The second-order valence-electron chi connectivity index (χ2n) is 5.15. The summed E-state index contributed by atoms with van der Waals surface area (Å²) in [6.07, 6.45) is -0.201. The third kappa shape index (κ3) is 5.11. The van der Waals surface area contributed by atoms with Gasteiger partial charge in [0.1, 0.15) is 11.5 Å². The summed E-state index contributed by atoms with van der Waals surface area (Å²) >= 11 is 5.91. The fraction of sp³-hybridized carbons (Fsp3) is 0.235. The topological polar surface area (TPSA) is 81.7 Å². The highest BCUT2D eigenvalue weighted by molar-refractivity contribution is 7.91. The van der Waals surface area contributed by atoms with Crippen molar-refractivity contribution in [2.45, 2.75) is 11.3 Å². The van der Waals surface area contributed by atoms with Gasteiger partial charge in [-0.1, -0.05) is 23.7 Å². The number of halogens is 1. The van der Waals surface area contributed by atoms with E-state index in [2.05, 4.69) is 5.32 Å². The second kappa shape index (κ2) is 8.22. The van der Waals surface area contributed by atoms with E-state index in [0.717, 1.165) is 0 Å². The summed E-state index contributed by atoms with van der Waals surface area (Å²) in [5.74, 6) is 0.242. The predicted octanol–water partition coefficient (Wildman–Crippen LogP) is 3.16. The quantitative estimate of drug-likeness (QED) is 0.794. The van der Waals surface area contributed by atoms with Crippen molar-refractivity contribution in [2.24, 2.45) is 0 Å². The molecule has 25 heavy (non-hydrogen) atoms. The Morgan fingerprint density at radius 2 is 1.68 bits per heavy atom. The van der Waals surface area contributed by atoms with Crippen LogP contribution in [0.5, 0.6) is 11.5 Å². The number of sulfone groups is 1. The zero-order valence-corrected chi connectivity index (χ0v) is 15.4. The van der Waals surface area contributed by atoms with E-state index in [1.807, 2.05) is 0 Å². The van der Waals surface area contributed by atoms with Crippen molar-refractivity contribution in [3.63, 3.8) is 0 Å². The van der Waals surface area contributed by atoms with Gasteiger partial charge in [-0.25, -0.2) is 8.42 Å². The van der Waals surface area contributed by atoms with Crippen LogP contribution in [0.4, 0.5) is 5.69 Å². The molecule has 8 heteroatoms. The normalized spacial score (nSPS) is 11.0. The van der Waals surface area contributed by atoms with Crippen LogP contribution >= 0.6 is 11.6 Å². The van der Waals surface area contributed by atoms with Gasteiger partial charge in [0, 0.05) is 30.3 Å². The van der Waals surface area contributed by atoms with Gasteiger partial charge < -0.3 is 14.8 Å². The van der Waals surface area contributed by atoms with Crippen LogP contribution < -0.4 is 14.8 Å². The summed E-state index contributed by atoms with van der Waals surface area (Å²) < 4.78 is 34.9. The minimum atomic E-state index is -3.65. The first kappa shape index (κ1) is 19.1. The van der Waals surface area contributed by atoms with E-state index in [1.165, 1.54) is 26.4 Å². The zero-order chi connectivity index (χ0) is 18.4. The number of methoxy groups -OCH3 is 2. The Morgan fingerprint density at radius 3 is 2.24 bits per heavy atom. The number of carbonyl (C=O) groups excluding carboxylic acids is 1. The van der Waals surface area contributed by atoms with Crippen molar-refractivity contribution in [3.8, 4) is 11.5 Å². The Labute approximate surface area is 151 Å². The van der Waals surface area contributed by atoms with E-state index >= 15 is 0 Å². The van der Waals surface area contributed by atoms with Gasteiger partial charge in [0.15, 0.2) is 9.84 Å². The van der Waals surface area contributed by atoms with Crippen LogP contribution in [-0.2, 0) is 14.6 Å². The maximum absolute atomic E-state index is 12.3. The molecule has 0 aliphatic heterocycles. The fourth-order valence-corrected chi connectivity index (χ4v) is 3.95. The van der Waals surface area contributed by atoms with E-state index in [0.29, 0.717) is 17.2 Å². The van der Waals surface area contributed by atoms with Crippen molar-refractivity contribution < 1.29 is 22.7 Å². The lowest BCUT2D eigenvalue weighted by atomic mass is 10.2. The number of nitrogens with one attached hydrogen (secondary N) is 1. The smallest absolute Gasteiger partial charge is 0.225 e. The number of amides is 1. The lowest BCUT2D eigenvalue weighted by Crippen LogP contribution is -2.17. The molecule has 0 saturated carbocycles. The van der Waals surface area contributed by atoms with E-state index in [-0.39, 0.29) is 22.1 Å². The molecule has 2 aromatic carbocycles. The van der Waals surface area contributed by atoms with Crippen molar-refractivity contribution in [1.29, 1.82) is 0 Å². The number of benzene rings is 2. The van der Waals surface area contributed by atoms with Gasteiger partial charge in [0.25, 0.3) is 0 Å². The molecule has 0 unspecified atom stereocenters. The average Bonchev–Trinajstić information content (AvgIpc) is 2.60. The van der Waals surface area contributed by atoms with Gasteiger partial charge in [0.05, 0.1) is 29.9 Å². The molecule has 0 aromatic heterocycles. The zero-order valence-electron chi connectivity index (χ0n) is 13.8. The number of carbonyl (C=O) groups is 1. The Morgan fingerprint density at radius 1 is 1.08 bits per heavy atom. The lowest BCUT2D eigenvalue weighted by Gasteiger charge is -2.10. The maximum atomic E-state index is 12.3. The molecule has 0 spiro atoms. The number of ether oxygens (including phenoxy) is 2. The van der Waals surface area contributed by atoms with Crippen LogP contribution in [0.3, 0.4) is 0 Å². The van der Waals surface area contributed by atoms with Crippen LogP contribution in [-0.4, -0.2) is 34.3 Å². The van der Waals surface area contributed by atoms with Crippen LogP contribution in [0.25, 0.3) is 0 Å². The predicted molar refractivity (Wildman–Crippen MR) is 96.3 cm³/mol. The van der Waals surface area contributed by atoms with E-state index in [4.69, 9.17) is 21.1 Å². The highest BCUT2D eigenvalue weighted by Gasteiger charge is 2.19. The molecule has 1 N–H and O–H groups in total. The lowest BCUT2D eigenvalue weighted by molar-refractivity contribution is -0.115. The minimum Gasteiger partial charge on any atom is -0.497 e. The van der Waals surface area contributed by atoms with Crippen LogP contribution in [0, 0.1) is 0 Å². The molecular weight excluding hydrogens is 366 g/mol. The largest absolute Gasteiger partial charge is 0.497 e. The summed E-state index contributed by atoms with van der Waals surface area (Å²) in [7, 11) is -0.653. The standard InChI is InChI=1S/C17H18ClNO5S/c1-23-13-9-12(10-14(11-13)24-2)19-17(20)7-8-25(21,22)16-6-4-3-5-15(16)18/h3-6,9-11H,7-8H2,1-2H3,(H,19,20). The third-order valence-electron chi connectivity index (χ3n) is 3.40. The highest BCUT2D eigenvalue weighted by atomic mass is 35.5. The average molecular weight is 384 g/mol. The molecular formula is C17H18ClNO5S. The summed E-state index contributed by atoms with van der Waals surface area (Å²) in [5.41, 5.74) is 0.455. The van der Waals surface area contributed by atoms with Crippen LogP contribution in [0.2, 0.25) is 5.02 Å². The Hall–Kier alpha value is -2.25. The molecule has 6 nitrogen and oxygen atoms in total. The minimum absolute atomic E-state index is 0.0208. The summed E-state index contributed by atoms with van der Waals surface area (Å²) in [6, 6.07) is 11.0. The van der Waals surface area contributed by atoms with Gasteiger partial charge in [-0.3, -0.25) is 4.79 Å². The number of hydrogen-bond donors (Lipinski definition) is 1. The van der Waals surface area contributed by atoms with Gasteiger partial charge in [0.2, 0.25) is 5.91 Å². The molecule has 0 fully saturated rings. The monoisotopic (exact) mass is 383 g/mol. The maximum Gasteiger partial charge on any atom is 0.225 e. The molecule has 0 heterocycles. The van der Waals surface area contributed by atoms with Gasteiger partial charge in [-0.2, -0.15) is 0 Å². The van der Waals surface area contributed by atoms with Crippen molar-refractivity contribution >= 4 is 33.0 Å². The van der Waals surface area contributed by atoms with E-state index in [1.54, 1.807) is 30.3 Å². The first-order chi connectivity index (χ1) is 11.9. The molecule has 0 aliphatic rings. The molecule has 0 atom stereocenters. The summed E-state index contributed by atoms with van der Waals surface area (Å²) in [4.78, 5) is 12.1. The third-order valence-corrected chi connectivity index (χ3v) is 5.61. The number of rotatable bonds is 7. The van der Waals surface area contributed by atoms with Gasteiger partial charge in [-0.15, -0.1) is 0 Å². The summed E-state index contributed by atoms with van der Waals surface area (Å²) in [6.45, 7) is 0. The van der Waals surface area contributed by atoms with Crippen molar-refractivity contribution in [3.05, 3.63) is 47.5 Å². The first-order valence-electron chi connectivity index (χ1n) is 7.36. The number of anilines is 1. The SMILES string of the molecule is COc1cc(NC(=O)CCS(=O)(=O)c2ccccc2Cl)cc(OC)c1. The Balaban J connectivity index is 2.05. The van der Waals surface area contributed by atoms with Gasteiger partial charge >= 0.3 is 0 Å². The molecule has 1 amide bonds. The Bertz CT molecular complexity index is 845. The molecule has 0 radical (unpaired) electrons. The molecule has 0 bridgehead atoms.